The fourth-order valence-electron chi connectivity index (χ4n) is 4.11. The maximum absolute atomic E-state index is 13.4. The quantitative estimate of drug-likeness (QED) is 0.178. The van der Waals surface area contributed by atoms with Gasteiger partial charge in [0.15, 0.2) is 17.3 Å². The number of benzene rings is 4. The molecule has 1 aromatic heterocycles. The van der Waals surface area contributed by atoms with Crippen LogP contribution in [0, 0.1) is 0 Å². The van der Waals surface area contributed by atoms with E-state index in [1.807, 2.05) is 19.1 Å². The number of ether oxygens (including phenoxy) is 2. The molecule has 1 heterocycles. The number of hydrogen-bond acceptors (Lipinski definition) is 5. The fourth-order valence-corrected chi connectivity index (χ4v) is 4.24. The molecule has 6 nitrogen and oxygen atoms in total. The predicted molar refractivity (Wildman–Crippen MR) is 153 cm³/mol. The summed E-state index contributed by atoms with van der Waals surface area (Å²) in [5.41, 5.74) is 0.559. The molecule has 0 atom stereocenters. The molecule has 0 aliphatic rings. The third kappa shape index (κ3) is 6.41. The lowest BCUT2D eigenvalue weighted by molar-refractivity contribution is -0.137. The van der Waals surface area contributed by atoms with Gasteiger partial charge in [-0.15, -0.1) is 0 Å². The Morgan fingerprint density at radius 3 is 2.46 bits per heavy atom. The minimum Gasteiger partial charge on any atom is -0.490 e. The van der Waals surface area contributed by atoms with Gasteiger partial charge in [0.1, 0.15) is 6.61 Å². The van der Waals surface area contributed by atoms with Crippen LogP contribution in [0.15, 0.2) is 101 Å². The Morgan fingerprint density at radius 1 is 0.927 bits per heavy atom. The Balaban J connectivity index is 1.52. The van der Waals surface area contributed by atoms with Crippen molar-refractivity contribution in [3.8, 4) is 22.9 Å². The average molecular weight is 578 g/mol. The van der Waals surface area contributed by atoms with Gasteiger partial charge in [-0.2, -0.15) is 22.9 Å². The van der Waals surface area contributed by atoms with Gasteiger partial charge in [-0.3, -0.25) is 4.79 Å². The van der Waals surface area contributed by atoms with Crippen LogP contribution in [0.4, 0.5) is 13.2 Å². The Morgan fingerprint density at radius 2 is 1.71 bits per heavy atom. The Hall–Kier alpha value is -4.63. The zero-order valence-corrected chi connectivity index (χ0v) is 22.5. The molecule has 0 saturated heterocycles. The number of rotatable bonds is 8. The molecule has 0 spiro atoms. The van der Waals surface area contributed by atoms with Gasteiger partial charge in [-0.05, 0) is 72.6 Å². The van der Waals surface area contributed by atoms with Crippen molar-refractivity contribution in [3.05, 3.63) is 123 Å². The molecule has 0 fully saturated rings. The summed E-state index contributed by atoms with van der Waals surface area (Å²) in [5.74, 6) is 0.949. The standard InChI is InChI=1S/C31H23ClF3N3O3/c1-2-40-28-16-21(12-15-27(28)41-19-20-10-13-24(32)14-11-20)18-36-38-29(22-6-5-7-23(17-22)31(33,34)35)37-26-9-4-3-8-25(26)30(38)39/h3-18H,2,19H2,1H3. The molecule has 208 valence electrons. The summed E-state index contributed by atoms with van der Waals surface area (Å²) in [5, 5.41) is 5.26. The smallest absolute Gasteiger partial charge is 0.416 e. The van der Waals surface area contributed by atoms with Crippen LogP contribution in [-0.2, 0) is 12.8 Å². The van der Waals surface area contributed by atoms with Gasteiger partial charge in [0.25, 0.3) is 5.56 Å². The van der Waals surface area contributed by atoms with E-state index in [1.54, 1.807) is 54.6 Å². The van der Waals surface area contributed by atoms with E-state index in [2.05, 4.69) is 10.1 Å². The predicted octanol–water partition coefficient (Wildman–Crippen LogP) is 7.60. The zero-order chi connectivity index (χ0) is 29.0. The van der Waals surface area contributed by atoms with Crippen LogP contribution in [0.3, 0.4) is 0 Å². The first-order chi connectivity index (χ1) is 19.7. The van der Waals surface area contributed by atoms with E-state index in [1.165, 1.54) is 18.3 Å². The molecule has 0 radical (unpaired) electrons. The third-order valence-electron chi connectivity index (χ3n) is 6.10. The summed E-state index contributed by atoms with van der Waals surface area (Å²) in [4.78, 5) is 17.9. The molecule has 0 bridgehead atoms. The van der Waals surface area contributed by atoms with Crippen LogP contribution in [0.25, 0.3) is 22.3 Å². The summed E-state index contributed by atoms with van der Waals surface area (Å²) >= 11 is 5.95. The molecule has 5 rings (SSSR count). The van der Waals surface area contributed by atoms with Crippen molar-refractivity contribution in [1.29, 1.82) is 0 Å². The van der Waals surface area contributed by atoms with Crippen LogP contribution in [-0.4, -0.2) is 22.5 Å². The van der Waals surface area contributed by atoms with Gasteiger partial charge in [-0.25, -0.2) is 4.98 Å². The number of halogens is 4. The van der Waals surface area contributed by atoms with Crippen LogP contribution >= 0.6 is 11.6 Å². The van der Waals surface area contributed by atoms with Crippen molar-refractivity contribution < 1.29 is 22.6 Å². The highest BCUT2D eigenvalue weighted by Gasteiger charge is 2.31. The highest BCUT2D eigenvalue weighted by molar-refractivity contribution is 6.30. The molecule has 0 saturated carbocycles. The molecular formula is C31H23ClF3N3O3. The van der Waals surface area contributed by atoms with Crippen LogP contribution in [0.5, 0.6) is 11.5 Å². The van der Waals surface area contributed by atoms with Crippen LogP contribution in [0.1, 0.15) is 23.6 Å². The number of alkyl halides is 3. The van der Waals surface area contributed by atoms with E-state index in [4.69, 9.17) is 21.1 Å². The fraction of sp³-hybridized carbons (Fsp3) is 0.129. The number of nitrogens with zero attached hydrogens (tertiary/aromatic N) is 3. The first kappa shape index (κ1) is 27.9. The molecule has 0 unspecified atom stereocenters. The minimum atomic E-state index is -4.56. The zero-order valence-electron chi connectivity index (χ0n) is 21.7. The van der Waals surface area contributed by atoms with Crippen molar-refractivity contribution in [1.82, 2.24) is 9.66 Å². The van der Waals surface area contributed by atoms with Crippen LogP contribution in [0.2, 0.25) is 5.02 Å². The summed E-state index contributed by atoms with van der Waals surface area (Å²) in [6.07, 6.45) is -3.14. The highest BCUT2D eigenvalue weighted by atomic mass is 35.5. The average Bonchev–Trinajstić information content (AvgIpc) is 2.97. The molecule has 4 aromatic carbocycles. The van der Waals surface area contributed by atoms with Crippen molar-refractivity contribution in [2.24, 2.45) is 5.10 Å². The van der Waals surface area contributed by atoms with E-state index < -0.39 is 17.3 Å². The molecule has 0 aliphatic carbocycles. The number of aromatic nitrogens is 2. The first-order valence-corrected chi connectivity index (χ1v) is 13.0. The second-order valence-corrected chi connectivity index (χ2v) is 9.38. The molecule has 5 aromatic rings. The molecule has 0 aliphatic heterocycles. The maximum Gasteiger partial charge on any atom is 0.416 e. The van der Waals surface area contributed by atoms with Crippen molar-refractivity contribution >= 4 is 28.7 Å². The summed E-state index contributed by atoms with van der Waals surface area (Å²) in [6, 6.07) is 23.7. The van der Waals surface area contributed by atoms with E-state index in [9.17, 15) is 18.0 Å². The lowest BCUT2D eigenvalue weighted by Gasteiger charge is -2.13. The van der Waals surface area contributed by atoms with Crippen molar-refractivity contribution in [2.45, 2.75) is 19.7 Å². The Kier molecular flexibility index (Phi) is 8.07. The molecule has 41 heavy (non-hydrogen) atoms. The number of fused-ring (bicyclic) bond motifs is 1. The second-order valence-electron chi connectivity index (χ2n) is 8.95. The molecule has 10 heteroatoms. The first-order valence-electron chi connectivity index (χ1n) is 12.6. The summed E-state index contributed by atoms with van der Waals surface area (Å²) in [6.45, 7) is 2.51. The number of para-hydroxylation sites is 1. The lowest BCUT2D eigenvalue weighted by atomic mass is 10.1. The van der Waals surface area contributed by atoms with E-state index in [0.29, 0.717) is 40.8 Å². The van der Waals surface area contributed by atoms with E-state index in [-0.39, 0.29) is 16.8 Å². The Labute approximate surface area is 238 Å². The topological polar surface area (TPSA) is 65.7 Å². The lowest BCUT2D eigenvalue weighted by Crippen LogP contribution is -2.20. The maximum atomic E-state index is 13.4. The minimum absolute atomic E-state index is 0.0241. The third-order valence-corrected chi connectivity index (χ3v) is 6.35. The highest BCUT2D eigenvalue weighted by Crippen LogP contribution is 2.32. The van der Waals surface area contributed by atoms with Gasteiger partial charge in [-0.1, -0.05) is 48.0 Å². The second kappa shape index (κ2) is 11.9. The molecular weight excluding hydrogens is 555 g/mol. The normalized spacial score (nSPS) is 11.7. The Bertz CT molecular complexity index is 1780. The van der Waals surface area contributed by atoms with Gasteiger partial charge in [0, 0.05) is 10.6 Å². The molecule has 0 N–H and O–H groups in total. The van der Waals surface area contributed by atoms with E-state index >= 15 is 0 Å². The van der Waals surface area contributed by atoms with Gasteiger partial charge in [0.05, 0.1) is 29.3 Å². The van der Waals surface area contributed by atoms with Crippen molar-refractivity contribution in [2.75, 3.05) is 6.61 Å². The SMILES string of the molecule is CCOc1cc(C=Nn2c(-c3cccc(C(F)(F)F)c3)nc3ccccc3c2=O)ccc1OCc1ccc(Cl)cc1. The van der Waals surface area contributed by atoms with Gasteiger partial charge < -0.3 is 9.47 Å². The van der Waals surface area contributed by atoms with Gasteiger partial charge in [0.2, 0.25) is 0 Å². The summed E-state index contributed by atoms with van der Waals surface area (Å²) in [7, 11) is 0. The summed E-state index contributed by atoms with van der Waals surface area (Å²) < 4.78 is 53.0. The van der Waals surface area contributed by atoms with Gasteiger partial charge >= 0.3 is 6.18 Å². The van der Waals surface area contributed by atoms with Crippen LogP contribution < -0.4 is 15.0 Å². The monoisotopic (exact) mass is 577 g/mol. The van der Waals surface area contributed by atoms with Crippen molar-refractivity contribution in [3.63, 3.8) is 0 Å². The largest absolute Gasteiger partial charge is 0.490 e. The van der Waals surface area contributed by atoms with E-state index in [0.717, 1.165) is 22.4 Å². The number of hydrogen-bond donors (Lipinski definition) is 0. The molecule has 0 amide bonds.